The maximum absolute atomic E-state index is 11.4. The van der Waals surface area contributed by atoms with Gasteiger partial charge in [0.05, 0.1) is 12.2 Å². The van der Waals surface area contributed by atoms with Crippen LogP contribution in [-0.4, -0.2) is 17.6 Å². The smallest absolute Gasteiger partial charge is 0.341 e. The highest BCUT2D eigenvalue weighted by atomic mass is 79.9. The fourth-order valence-electron chi connectivity index (χ4n) is 0.916. The highest BCUT2D eigenvalue weighted by Gasteiger charge is 2.12. The summed E-state index contributed by atoms with van der Waals surface area (Å²) in [6.45, 7) is 2.07. The van der Waals surface area contributed by atoms with E-state index in [4.69, 9.17) is 16.3 Å². The molecule has 14 heavy (non-hydrogen) atoms. The van der Waals surface area contributed by atoms with E-state index < -0.39 is 5.97 Å². The summed E-state index contributed by atoms with van der Waals surface area (Å²) < 4.78 is 4.83. The van der Waals surface area contributed by atoms with E-state index in [1.54, 1.807) is 19.2 Å². The minimum absolute atomic E-state index is 0.174. The van der Waals surface area contributed by atoms with Gasteiger partial charge in [0, 0.05) is 11.5 Å². The number of alkyl halides is 1. The van der Waals surface area contributed by atoms with Crippen molar-refractivity contribution in [3.05, 3.63) is 28.5 Å². The molecule has 0 amide bonds. The second-order valence-corrected chi connectivity index (χ2v) is 3.45. The Kier molecular flexibility index (Phi) is 4.35. The van der Waals surface area contributed by atoms with Crippen molar-refractivity contribution in [2.45, 2.75) is 12.3 Å². The molecule has 0 saturated heterocycles. The molecule has 0 aliphatic carbocycles. The molecule has 0 fully saturated rings. The average Bonchev–Trinajstić information content (AvgIpc) is 2.19. The molecule has 1 aromatic heterocycles. The first kappa shape index (κ1) is 11.5. The predicted molar refractivity (Wildman–Crippen MR) is 57.8 cm³/mol. The Bertz CT molecular complexity index is 344. The number of rotatable bonds is 3. The van der Waals surface area contributed by atoms with Gasteiger partial charge in [0.25, 0.3) is 0 Å². The largest absolute Gasteiger partial charge is 0.462 e. The Morgan fingerprint density at radius 3 is 3.00 bits per heavy atom. The first-order valence-corrected chi connectivity index (χ1v) is 5.56. The van der Waals surface area contributed by atoms with E-state index >= 15 is 0 Å². The molecular formula is C9H9BrClNO2. The van der Waals surface area contributed by atoms with E-state index in [-0.39, 0.29) is 5.15 Å². The van der Waals surface area contributed by atoms with Gasteiger partial charge < -0.3 is 4.74 Å². The van der Waals surface area contributed by atoms with Crippen LogP contribution < -0.4 is 0 Å². The molecule has 5 heteroatoms. The first-order valence-electron chi connectivity index (χ1n) is 4.06. The molecule has 1 rings (SSSR count). The number of ether oxygens (including phenoxy) is 1. The number of aromatic nitrogens is 1. The molecule has 0 aliphatic heterocycles. The topological polar surface area (TPSA) is 39.2 Å². The summed E-state index contributed by atoms with van der Waals surface area (Å²) in [5.74, 6) is -0.437. The molecule has 0 N–H and O–H groups in total. The number of halogens is 2. The van der Waals surface area contributed by atoms with E-state index in [9.17, 15) is 4.79 Å². The van der Waals surface area contributed by atoms with Crippen molar-refractivity contribution in [2.24, 2.45) is 0 Å². The molecule has 0 bridgehead atoms. The Morgan fingerprint density at radius 1 is 1.71 bits per heavy atom. The molecule has 0 aliphatic rings. The summed E-state index contributed by atoms with van der Waals surface area (Å²) in [6, 6.07) is 1.67. The zero-order valence-electron chi connectivity index (χ0n) is 7.59. The van der Waals surface area contributed by atoms with Gasteiger partial charge in [-0.1, -0.05) is 27.5 Å². The van der Waals surface area contributed by atoms with Gasteiger partial charge in [0.2, 0.25) is 0 Å². The van der Waals surface area contributed by atoms with Crippen molar-refractivity contribution < 1.29 is 9.53 Å². The number of carbonyl (C=O) groups excluding carboxylic acids is 1. The van der Waals surface area contributed by atoms with Gasteiger partial charge in [0.15, 0.2) is 0 Å². The summed E-state index contributed by atoms with van der Waals surface area (Å²) in [7, 11) is 0. The van der Waals surface area contributed by atoms with Gasteiger partial charge in [0.1, 0.15) is 5.15 Å². The van der Waals surface area contributed by atoms with Crippen LogP contribution in [0.15, 0.2) is 12.3 Å². The van der Waals surface area contributed by atoms with E-state index in [2.05, 4.69) is 20.9 Å². The lowest BCUT2D eigenvalue weighted by Crippen LogP contribution is -2.06. The predicted octanol–water partition coefficient (Wildman–Crippen LogP) is 2.81. The molecule has 0 radical (unpaired) electrons. The van der Waals surface area contributed by atoms with Gasteiger partial charge in [-0.15, -0.1) is 0 Å². The molecular weight excluding hydrogens is 269 g/mol. The van der Waals surface area contributed by atoms with Crippen LogP contribution in [0.4, 0.5) is 0 Å². The molecule has 1 aromatic rings. The quantitative estimate of drug-likeness (QED) is 0.485. The van der Waals surface area contributed by atoms with Crippen LogP contribution in [-0.2, 0) is 10.1 Å². The molecule has 0 spiro atoms. The Morgan fingerprint density at radius 2 is 2.43 bits per heavy atom. The summed E-state index contributed by atoms with van der Waals surface area (Å²) >= 11 is 9.03. The van der Waals surface area contributed by atoms with E-state index in [1.165, 1.54) is 0 Å². The second-order valence-electron chi connectivity index (χ2n) is 2.54. The Balaban J connectivity index is 2.99. The van der Waals surface area contributed by atoms with E-state index in [1.807, 2.05) is 0 Å². The third kappa shape index (κ3) is 2.69. The minimum atomic E-state index is -0.437. The van der Waals surface area contributed by atoms with Gasteiger partial charge in [-0.05, 0) is 18.6 Å². The van der Waals surface area contributed by atoms with Crippen molar-refractivity contribution in [3.8, 4) is 0 Å². The molecule has 76 valence electrons. The summed E-state index contributed by atoms with van der Waals surface area (Å²) in [4.78, 5) is 15.3. The van der Waals surface area contributed by atoms with Crippen molar-refractivity contribution in [2.75, 3.05) is 6.61 Å². The number of nitrogens with zero attached hydrogens (tertiary/aromatic N) is 1. The zero-order chi connectivity index (χ0) is 10.6. The van der Waals surface area contributed by atoms with Crippen LogP contribution in [0.1, 0.15) is 22.8 Å². The van der Waals surface area contributed by atoms with Crippen molar-refractivity contribution in [3.63, 3.8) is 0 Å². The lowest BCUT2D eigenvalue weighted by Gasteiger charge is -2.04. The maximum atomic E-state index is 11.4. The highest BCUT2D eigenvalue weighted by Crippen LogP contribution is 2.16. The third-order valence-corrected chi connectivity index (χ3v) is 2.49. The fraction of sp³-hybridized carbons (Fsp3) is 0.333. The molecule has 3 nitrogen and oxygen atoms in total. The van der Waals surface area contributed by atoms with Gasteiger partial charge in [-0.2, -0.15) is 0 Å². The SMILES string of the molecule is CCOC(=O)c1cc(CBr)cnc1Cl. The molecule has 0 unspecified atom stereocenters. The molecule has 0 atom stereocenters. The number of hydrogen-bond donors (Lipinski definition) is 0. The average molecular weight is 279 g/mol. The van der Waals surface area contributed by atoms with Crippen LogP contribution >= 0.6 is 27.5 Å². The van der Waals surface area contributed by atoms with Crippen LogP contribution in [0, 0.1) is 0 Å². The maximum Gasteiger partial charge on any atom is 0.341 e. The van der Waals surface area contributed by atoms with E-state index in [0.29, 0.717) is 17.5 Å². The minimum Gasteiger partial charge on any atom is -0.462 e. The van der Waals surface area contributed by atoms with Crippen LogP contribution in [0.25, 0.3) is 0 Å². The summed E-state index contributed by atoms with van der Waals surface area (Å²) in [5.41, 5.74) is 1.20. The van der Waals surface area contributed by atoms with Crippen LogP contribution in [0.5, 0.6) is 0 Å². The fourth-order valence-corrected chi connectivity index (χ4v) is 1.40. The Labute approximate surface area is 95.6 Å². The molecule has 0 saturated carbocycles. The van der Waals surface area contributed by atoms with Crippen molar-refractivity contribution in [1.82, 2.24) is 4.98 Å². The second kappa shape index (κ2) is 5.32. The van der Waals surface area contributed by atoms with Crippen molar-refractivity contribution >= 4 is 33.5 Å². The third-order valence-electron chi connectivity index (χ3n) is 1.55. The van der Waals surface area contributed by atoms with Crippen molar-refractivity contribution in [1.29, 1.82) is 0 Å². The molecule has 0 aromatic carbocycles. The number of esters is 1. The lowest BCUT2D eigenvalue weighted by atomic mass is 10.2. The van der Waals surface area contributed by atoms with Gasteiger partial charge in [-0.25, -0.2) is 9.78 Å². The standard InChI is InChI=1S/C9H9BrClNO2/c1-2-14-9(13)7-3-6(4-10)5-12-8(7)11/h3,5H,2,4H2,1H3. The van der Waals surface area contributed by atoms with Gasteiger partial charge in [-0.3, -0.25) is 0 Å². The number of hydrogen-bond acceptors (Lipinski definition) is 3. The van der Waals surface area contributed by atoms with Gasteiger partial charge >= 0.3 is 5.97 Å². The number of carbonyl (C=O) groups is 1. The summed E-state index contributed by atoms with van der Waals surface area (Å²) in [5, 5.41) is 0.803. The van der Waals surface area contributed by atoms with Crippen LogP contribution in [0.2, 0.25) is 5.15 Å². The first-order chi connectivity index (χ1) is 6.69. The molecule has 1 heterocycles. The van der Waals surface area contributed by atoms with Crippen LogP contribution in [0.3, 0.4) is 0 Å². The number of pyridine rings is 1. The van der Waals surface area contributed by atoms with E-state index in [0.717, 1.165) is 5.56 Å². The lowest BCUT2D eigenvalue weighted by molar-refractivity contribution is 0.0526. The Hall–Kier alpha value is -0.610. The normalized spacial score (nSPS) is 9.93. The summed E-state index contributed by atoms with van der Waals surface area (Å²) in [6.07, 6.45) is 1.61. The highest BCUT2D eigenvalue weighted by molar-refractivity contribution is 9.08. The zero-order valence-corrected chi connectivity index (χ0v) is 9.93. The monoisotopic (exact) mass is 277 g/mol.